The van der Waals surface area contributed by atoms with Gasteiger partial charge in [-0.1, -0.05) is 20.3 Å². The summed E-state index contributed by atoms with van der Waals surface area (Å²) >= 11 is 0. The van der Waals surface area contributed by atoms with E-state index in [1.165, 1.54) is 6.42 Å². The number of aliphatic imine (C=N–C) groups is 1. The molecule has 0 atom stereocenters. The molecule has 1 aromatic heterocycles. The lowest BCUT2D eigenvalue weighted by Crippen LogP contribution is -2.41. The van der Waals surface area contributed by atoms with Crippen molar-refractivity contribution < 1.29 is 9.47 Å². The fourth-order valence-corrected chi connectivity index (χ4v) is 3.25. The van der Waals surface area contributed by atoms with Crippen molar-refractivity contribution in [3.8, 4) is 0 Å². The number of aryl methyl sites for hydroxylation is 1. The molecule has 9 nitrogen and oxygen atoms in total. The van der Waals surface area contributed by atoms with Gasteiger partial charge in [-0.2, -0.15) is 0 Å². The molecule has 0 aliphatic carbocycles. The maximum absolute atomic E-state index is 5.63. The molecule has 1 aliphatic rings. The number of nitrogens with zero attached hydrogens (tertiary/aromatic N) is 5. The first-order chi connectivity index (χ1) is 14.8. The molecule has 1 aliphatic heterocycles. The molecule has 1 aromatic rings. The number of rotatable bonds is 15. The Morgan fingerprint density at radius 1 is 1.10 bits per heavy atom. The summed E-state index contributed by atoms with van der Waals surface area (Å²) in [6, 6.07) is 0. The van der Waals surface area contributed by atoms with Gasteiger partial charge in [-0.25, -0.2) is 0 Å². The molecule has 1 fully saturated rings. The molecule has 2 rings (SSSR count). The van der Waals surface area contributed by atoms with Crippen LogP contribution in [0.2, 0.25) is 0 Å². The summed E-state index contributed by atoms with van der Waals surface area (Å²) in [5, 5.41) is 15.1. The van der Waals surface area contributed by atoms with Crippen molar-refractivity contribution in [1.29, 1.82) is 0 Å². The SMILES string of the molecule is CCCCOCCCN=C(NCCCN1CCOCC1)NCCn1cnnc1CC.I. The number of hydrogen-bond acceptors (Lipinski definition) is 6. The van der Waals surface area contributed by atoms with Crippen molar-refractivity contribution in [2.45, 2.75) is 52.5 Å². The summed E-state index contributed by atoms with van der Waals surface area (Å²) in [5.74, 6) is 1.88. The van der Waals surface area contributed by atoms with Crippen molar-refractivity contribution in [2.75, 3.05) is 65.7 Å². The van der Waals surface area contributed by atoms with Gasteiger partial charge in [0.2, 0.25) is 0 Å². The number of hydrogen-bond donors (Lipinski definition) is 2. The van der Waals surface area contributed by atoms with Crippen molar-refractivity contribution in [2.24, 2.45) is 4.99 Å². The van der Waals surface area contributed by atoms with Crippen molar-refractivity contribution in [3.63, 3.8) is 0 Å². The van der Waals surface area contributed by atoms with Gasteiger partial charge in [-0.05, 0) is 25.8 Å². The van der Waals surface area contributed by atoms with Gasteiger partial charge in [0, 0.05) is 58.9 Å². The Kier molecular flexibility index (Phi) is 16.8. The Bertz CT molecular complexity index is 580. The average Bonchev–Trinajstić information content (AvgIpc) is 3.23. The van der Waals surface area contributed by atoms with E-state index in [0.29, 0.717) is 0 Å². The molecule has 0 amide bonds. The van der Waals surface area contributed by atoms with Gasteiger partial charge < -0.3 is 24.7 Å². The lowest BCUT2D eigenvalue weighted by atomic mass is 10.3. The van der Waals surface area contributed by atoms with Crippen molar-refractivity contribution in [3.05, 3.63) is 12.2 Å². The highest BCUT2D eigenvalue weighted by atomic mass is 127. The summed E-state index contributed by atoms with van der Waals surface area (Å²) in [6.45, 7) is 14.0. The topological polar surface area (TPSA) is 88.8 Å². The van der Waals surface area contributed by atoms with Crippen LogP contribution in [0.3, 0.4) is 0 Å². The van der Waals surface area contributed by atoms with Crippen molar-refractivity contribution in [1.82, 2.24) is 30.3 Å². The monoisotopic (exact) mass is 551 g/mol. The van der Waals surface area contributed by atoms with Gasteiger partial charge >= 0.3 is 0 Å². The van der Waals surface area contributed by atoms with Crippen LogP contribution in [0.25, 0.3) is 0 Å². The third-order valence-electron chi connectivity index (χ3n) is 5.06. The van der Waals surface area contributed by atoms with E-state index in [0.717, 1.165) is 110 Å². The molecule has 0 aromatic carbocycles. The second-order valence-corrected chi connectivity index (χ2v) is 7.51. The van der Waals surface area contributed by atoms with E-state index in [1.807, 2.05) is 0 Å². The first kappa shape index (κ1) is 28.1. The van der Waals surface area contributed by atoms with Crippen LogP contribution in [0.1, 0.15) is 45.4 Å². The van der Waals surface area contributed by atoms with Crippen LogP contribution in [0.5, 0.6) is 0 Å². The fourth-order valence-electron chi connectivity index (χ4n) is 3.25. The van der Waals surface area contributed by atoms with E-state index in [4.69, 9.17) is 14.5 Å². The third kappa shape index (κ3) is 12.6. The minimum Gasteiger partial charge on any atom is -0.381 e. The summed E-state index contributed by atoms with van der Waals surface area (Å²) in [6.07, 6.45) is 7.01. The second kappa shape index (κ2) is 18.6. The van der Waals surface area contributed by atoms with Crippen molar-refractivity contribution >= 4 is 29.9 Å². The summed E-state index contributed by atoms with van der Waals surface area (Å²) in [5.41, 5.74) is 0. The predicted molar refractivity (Wildman–Crippen MR) is 135 cm³/mol. The highest BCUT2D eigenvalue weighted by Gasteiger charge is 2.09. The molecule has 0 saturated carbocycles. The molecule has 31 heavy (non-hydrogen) atoms. The predicted octanol–water partition coefficient (Wildman–Crippen LogP) is 1.92. The molecular weight excluding hydrogens is 509 g/mol. The van der Waals surface area contributed by atoms with Crippen LogP contribution >= 0.6 is 24.0 Å². The largest absolute Gasteiger partial charge is 0.381 e. The van der Waals surface area contributed by atoms with E-state index >= 15 is 0 Å². The van der Waals surface area contributed by atoms with E-state index in [1.54, 1.807) is 6.33 Å². The lowest BCUT2D eigenvalue weighted by molar-refractivity contribution is 0.0376. The van der Waals surface area contributed by atoms with E-state index in [2.05, 4.69) is 44.1 Å². The quantitative estimate of drug-likeness (QED) is 0.149. The average molecular weight is 552 g/mol. The van der Waals surface area contributed by atoms with E-state index < -0.39 is 0 Å². The van der Waals surface area contributed by atoms with Gasteiger partial charge in [-0.15, -0.1) is 34.2 Å². The second-order valence-electron chi connectivity index (χ2n) is 7.51. The molecule has 180 valence electrons. The zero-order chi connectivity index (χ0) is 21.3. The lowest BCUT2D eigenvalue weighted by Gasteiger charge is -2.26. The molecular formula is C21H42IN7O2. The number of morpholine rings is 1. The van der Waals surface area contributed by atoms with Crippen LogP contribution in [0, 0.1) is 0 Å². The summed E-state index contributed by atoms with van der Waals surface area (Å²) in [4.78, 5) is 7.19. The number of unbranched alkanes of at least 4 members (excludes halogenated alkanes) is 1. The normalized spacial score (nSPS) is 15.0. The molecule has 0 spiro atoms. The molecule has 1 saturated heterocycles. The maximum atomic E-state index is 5.63. The number of aromatic nitrogens is 3. The number of guanidine groups is 1. The Hall–Kier alpha value is -0.980. The van der Waals surface area contributed by atoms with E-state index in [-0.39, 0.29) is 24.0 Å². The van der Waals surface area contributed by atoms with Crippen LogP contribution in [0.4, 0.5) is 0 Å². The first-order valence-electron chi connectivity index (χ1n) is 11.6. The molecule has 0 radical (unpaired) electrons. The van der Waals surface area contributed by atoms with Gasteiger partial charge in [0.25, 0.3) is 0 Å². The Labute approximate surface area is 204 Å². The molecule has 10 heteroatoms. The van der Waals surface area contributed by atoms with Gasteiger partial charge in [0.05, 0.1) is 13.2 Å². The Morgan fingerprint density at radius 3 is 2.65 bits per heavy atom. The van der Waals surface area contributed by atoms with Gasteiger partial charge in [0.15, 0.2) is 5.96 Å². The standard InChI is InChI=1S/C21H41N7O2.HI/c1-3-5-15-29-16-7-9-23-21(22-8-6-11-27-13-17-30-18-14-27)24-10-12-28-19-25-26-20(28)4-2;/h19H,3-18H2,1-2H3,(H2,22,23,24);1H. The van der Waals surface area contributed by atoms with E-state index in [9.17, 15) is 0 Å². The van der Waals surface area contributed by atoms with Crippen LogP contribution < -0.4 is 10.6 Å². The number of ether oxygens (including phenoxy) is 2. The third-order valence-corrected chi connectivity index (χ3v) is 5.06. The summed E-state index contributed by atoms with van der Waals surface area (Å²) in [7, 11) is 0. The zero-order valence-corrected chi connectivity index (χ0v) is 21.7. The summed E-state index contributed by atoms with van der Waals surface area (Å²) < 4.78 is 13.1. The van der Waals surface area contributed by atoms with Gasteiger partial charge in [0.1, 0.15) is 12.2 Å². The number of nitrogens with one attached hydrogen (secondary N) is 2. The Balaban J connectivity index is 0.00000480. The molecule has 2 N–H and O–H groups in total. The minimum atomic E-state index is 0. The van der Waals surface area contributed by atoms with Gasteiger partial charge in [-0.3, -0.25) is 9.89 Å². The highest BCUT2D eigenvalue weighted by molar-refractivity contribution is 14.0. The van der Waals surface area contributed by atoms with Crippen LogP contribution in [-0.2, 0) is 22.4 Å². The smallest absolute Gasteiger partial charge is 0.191 e. The number of halogens is 1. The maximum Gasteiger partial charge on any atom is 0.191 e. The molecule has 0 bridgehead atoms. The Morgan fingerprint density at radius 2 is 1.87 bits per heavy atom. The highest BCUT2D eigenvalue weighted by Crippen LogP contribution is 1.98. The minimum absolute atomic E-state index is 0. The molecule has 0 unspecified atom stereocenters. The first-order valence-corrected chi connectivity index (χ1v) is 11.6. The molecule has 2 heterocycles. The fraction of sp³-hybridized carbons (Fsp3) is 0.857. The van der Waals surface area contributed by atoms with Crippen LogP contribution in [-0.4, -0.2) is 91.3 Å². The van der Waals surface area contributed by atoms with Crippen LogP contribution in [0.15, 0.2) is 11.3 Å². The zero-order valence-electron chi connectivity index (χ0n) is 19.4.